The molecule has 20 heavy (non-hydrogen) atoms. The van der Waals surface area contributed by atoms with E-state index in [4.69, 9.17) is 5.26 Å². The Kier molecular flexibility index (Phi) is 3.39. The van der Waals surface area contributed by atoms with Gasteiger partial charge in [-0.3, -0.25) is 10.1 Å². The Morgan fingerprint density at radius 3 is 2.85 bits per heavy atom. The first-order chi connectivity index (χ1) is 9.56. The monoisotopic (exact) mass is 273 g/mol. The molecule has 2 aromatic rings. The van der Waals surface area contributed by atoms with Crippen LogP contribution in [0.15, 0.2) is 24.5 Å². The van der Waals surface area contributed by atoms with E-state index < -0.39 is 10.9 Å². The predicted molar refractivity (Wildman–Crippen MR) is 64.1 cm³/mol. The van der Waals surface area contributed by atoms with Gasteiger partial charge in [-0.25, -0.2) is 14.5 Å². The van der Waals surface area contributed by atoms with Crippen LogP contribution in [0.2, 0.25) is 0 Å². The summed E-state index contributed by atoms with van der Waals surface area (Å²) in [5, 5.41) is 23.4. The molecule has 1 aromatic heterocycles. The van der Waals surface area contributed by atoms with Crippen molar-refractivity contribution in [2.24, 2.45) is 0 Å². The summed E-state index contributed by atoms with van der Waals surface area (Å²) in [6.07, 6.45) is 1.15. The predicted octanol–water partition coefficient (Wildman–Crippen LogP) is 0.834. The van der Waals surface area contributed by atoms with E-state index in [1.54, 1.807) is 6.07 Å². The summed E-state index contributed by atoms with van der Waals surface area (Å²) in [5.74, 6) is -0.774. The van der Waals surface area contributed by atoms with Crippen LogP contribution in [0.4, 0.5) is 5.69 Å². The van der Waals surface area contributed by atoms with E-state index >= 15 is 0 Å². The molecule has 0 spiro atoms. The average Bonchev–Trinajstić information content (AvgIpc) is 2.94. The van der Waals surface area contributed by atoms with Gasteiger partial charge in [0.2, 0.25) is 0 Å². The SMILES string of the molecule is COC(=O)c1ccc([N+](=O)[O-])c(-n2cnc(C#N)n2)c1. The van der Waals surface area contributed by atoms with Gasteiger partial charge in [0.15, 0.2) is 0 Å². The molecule has 9 heteroatoms. The number of rotatable bonds is 3. The van der Waals surface area contributed by atoms with Gasteiger partial charge in [0.05, 0.1) is 17.6 Å². The molecule has 0 unspecified atom stereocenters. The number of hydrogen-bond donors (Lipinski definition) is 0. The van der Waals surface area contributed by atoms with Crippen LogP contribution >= 0.6 is 0 Å². The largest absolute Gasteiger partial charge is 0.465 e. The molecular formula is C11H7N5O4. The van der Waals surface area contributed by atoms with E-state index in [2.05, 4.69) is 14.8 Å². The van der Waals surface area contributed by atoms with E-state index in [0.29, 0.717) is 0 Å². The third-order valence-corrected chi connectivity index (χ3v) is 2.43. The Morgan fingerprint density at radius 1 is 1.55 bits per heavy atom. The number of methoxy groups -OCH3 is 1. The lowest BCUT2D eigenvalue weighted by Gasteiger charge is -2.04. The van der Waals surface area contributed by atoms with Crippen molar-refractivity contribution in [3.8, 4) is 11.8 Å². The van der Waals surface area contributed by atoms with Crippen molar-refractivity contribution < 1.29 is 14.5 Å². The highest BCUT2D eigenvalue weighted by Crippen LogP contribution is 2.23. The second kappa shape index (κ2) is 5.15. The fraction of sp³-hybridized carbons (Fsp3) is 0.0909. The van der Waals surface area contributed by atoms with Gasteiger partial charge >= 0.3 is 5.97 Å². The number of benzene rings is 1. The molecule has 1 aromatic carbocycles. The maximum atomic E-state index is 11.4. The number of carbonyl (C=O) groups excluding carboxylic acids is 1. The number of nitro groups is 1. The van der Waals surface area contributed by atoms with Gasteiger partial charge in [-0.1, -0.05) is 0 Å². The highest BCUT2D eigenvalue weighted by molar-refractivity contribution is 5.90. The quantitative estimate of drug-likeness (QED) is 0.460. The van der Waals surface area contributed by atoms with E-state index in [1.165, 1.54) is 19.2 Å². The van der Waals surface area contributed by atoms with Crippen molar-refractivity contribution in [1.82, 2.24) is 14.8 Å². The number of nitriles is 1. The van der Waals surface area contributed by atoms with Crippen LogP contribution in [-0.2, 0) is 4.74 Å². The average molecular weight is 273 g/mol. The third-order valence-electron chi connectivity index (χ3n) is 2.43. The molecule has 0 atom stereocenters. The first kappa shape index (κ1) is 13.2. The minimum atomic E-state index is -0.637. The van der Waals surface area contributed by atoms with Gasteiger partial charge in [-0.2, -0.15) is 5.26 Å². The van der Waals surface area contributed by atoms with Crippen LogP contribution < -0.4 is 0 Å². The number of aromatic nitrogens is 3. The highest BCUT2D eigenvalue weighted by Gasteiger charge is 2.19. The zero-order chi connectivity index (χ0) is 14.7. The Hall–Kier alpha value is -3.28. The Morgan fingerprint density at radius 2 is 2.30 bits per heavy atom. The smallest absolute Gasteiger partial charge is 0.337 e. The molecule has 0 saturated heterocycles. The maximum Gasteiger partial charge on any atom is 0.337 e. The summed E-state index contributed by atoms with van der Waals surface area (Å²) in [6.45, 7) is 0. The van der Waals surface area contributed by atoms with Crippen LogP contribution in [0.5, 0.6) is 0 Å². The van der Waals surface area contributed by atoms with E-state index in [9.17, 15) is 14.9 Å². The first-order valence-electron chi connectivity index (χ1n) is 5.25. The topological polar surface area (TPSA) is 124 Å². The van der Waals surface area contributed by atoms with E-state index in [1.807, 2.05) is 0 Å². The maximum absolute atomic E-state index is 11.4. The molecule has 2 rings (SSSR count). The Balaban J connectivity index is 2.61. The number of nitrogens with zero attached hydrogens (tertiary/aromatic N) is 5. The molecule has 1 heterocycles. The minimum Gasteiger partial charge on any atom is -0.465 e. The lowest BCUT2D eigenvalue weighted by Crippen LogP contribution is -2.06. The van der Waals surface area contributed by atoms with Crippen molar-refractivity contribution in [1.29, 1.82) is 5.26 Å². The number of hydrogen-bond acceptors (Lipinski definition) is 7. The summed E-state index contributed by atoms with van der Waals surface area (Å²) in [6, 6.07) is 5.40. The van der Waals surface area contributed by atoms with Gasteiger partial charge in [-0.05, 0) is 12.1 Å². The number of esters is 1. The molecule has 0 fully saturated rings. The molecule has 9 nitrogen and oxygen atoms in total. The van der Waals surface area contributed by atoms with Gasteiger partial charge in [0, 0.05) is 6.07 Å². The van der Waals surface area contributed by atoms with Crippen molar-refractivity contribution in [3.05, 3.63) is 46.0 Å². The molecule has 0 aliphatic rings. The summed E-state index contributed by atoms with van der Waals surface area (Å²) in [4.78, 5) is 25.5. The Bertz CT molecular complexity index is 731. The van der Waals surface area contributed by atoms with E-state index in [-0.39, 0.29) is 22.8 Å². The molecule has 0 aliphatic carbocycles. The standard InChI is InChI=1S/C11H7N5O4/c1-20-11(17)7-2-3-8(16(18)19)9(4-7)15-6-13-10(5-12)14-15/h2-4,6H,1H3. The second-order valence-corrected chi connectivity index (χ2v) is 3.58. The zero-order valence-corrected chi connectivity index (χ0v) is 10.2. The number of nitro benzene ring substituents is 1. The molecule has 100 valence electrons. The van der Waals surface area contributed by atoms with Crippen LogP contribution in [-0.4, -0.2) is 32.8 Å². The molecular weight excluding hydrogens is 266 g/mol. The second-order valence-electron chi connectivity index (χ2n) is 3.58. The van der Waals surface area contributed by atoms with Crippen LogP contribution in [0.1, 0.15) is 16.2 Å². The van der Waals surface area contributed by atoms with Crippen molar-refractivity contribution in [3.63, 3.8) is 0 Å². The summed E-state index contributed by atoms with van der Waals surface area (Å²) >= 11 is 0. The van der Waals surface area contributed by atoms with E-state index in [0.717, 1.165) is 17.1 Å². The van der Waals surface area contributed by atoms with Gasteiger partial charge in [0.1, 0.15) is 18.1 Å². The molecule has 0 amide bonds. The van der Waals surface area contributed by atoms with Crippen LogP contribution in [0, 0.1) is 21.4 Å². The lowest BCUT2D eigenvalue weighted by atomic mass is 10.1. The number of carbonyl (C=O) groups is 1. The molecule has 0 N–H and O–H groups in total. The van der Waals surface area contributed by atoms with Crippen LogP contribution in [0.25, 0.3) is 5.69 Å². The molecule has 0 bridgehead atoms. The highest BCUT2D eigenvalue weighted by atomic mass is 16.6. The fourth-order valence-corrected chi connectivity index (χ4v) is 1.54. The Labute approximate surface area is 112 Å². The first-order valence-corrected chi connectivity index (χ1v) is 5.25. The summed E-state index contributed by atoms with van der Waals surface area (Å²) in [7, 11) is 1.20. The van der Waals surface area contributed by atoms with Crippen molar-refractivity contribution >= 4 is 11.7 Å². The summed E-state index contributed by atoms with van der Waals surface area (Å²) < 4.78 is 5.61. The normalized spacial score (nSPS) is 9.80. The molecule has 0 aliphatic heterocycles. The summed E-state index contributed by atoms with van der Waals surface area (Å²) in [5.41, 5.74) is -0.124. The molecule has 0 saturated carbocycles. The van der Waals surface area contributed by atoms with Gasteiger partial charge in [-0.15, -0.1) is 5.10 Å². The number of ether oxygens (including phenoxy) is 1. The zero-order valence-electron chi connectivity index (χ0n) is 10.2. The third kappa shape index (κ3) is 2.30. The lowest BCUT2D eigenvalue weighted by molar-refractivity contribution is -0.384. The fourth-order valence-electron chi connectivity index (χ4n) is 1.54. The molecule has 0 radical (unpaired) electrons. The van der Waals surface area contributed by atoms with Crippen molar-refractivity contribution in [2.45, 2.75) is 0 Å². The minimum absolute atomic E-state index is 0.0203. The van der Waals surface area contributed by atoms with Gasteiger partial charge < -0.3 is 4.74 Å². The van der Waals surface area contributed by atoms with Crippen LogP contribution in [0.3, 0.4) is 0 Å². The van der Waals surface area contributed by atoms with Gasteiger partial charge in [0.25, 0.3) is 11.5 Å². The van der Waals surface area contributed by atoms with Crippen molar-refractivity contribution in [2.75, 3.05) is 7.11 Å².